The monoisotopic (exact) mass is 351 g/mol. The van der Waals surface area contributed by atoms with Crippen molar-refractivity contribution in [3.8, 4) is 34.1 Å². The molecule has 4 aromatic heterocycles. The van der Waals surface area contributed by atoms with E-state index in [4.69, 9.17) is 9.51 Å². The molecule has 6 nitrogen and oxygen atoms in total. The van der Waals surface area contributed by atoms with Gasteiger partial charge < -0.3 is 4.52 Å². The SMILES string of the molecule is c1cncc(-c2noc(-c3cc(-c4ccncc4)nc4ccccc34)n2)c1. The Morgan fingerprint density at radius 3 is 2.48 bits per heavy atom. The fraction of sp³-hybridized carbons (Fsp3) is 0. The maximum atomic E-state index is 5.58. The number of hydrogen-bond donors (Lipinski definition) is 0. The number of para-hydroxylation sites is 1. The highest BCUT2D eigenvalue weighted by atomic mass is 16.5. The Balaban J connectivity index is 1.70. The lowest BCUT2D eigenvalue weighted by atomic mass is 10.0. The second-order valence-corrected chi connectivity index (χ2v) is 5.97. The fourth-order valence-corrected chi connectivity index (χ4v) is 2.97. The van der Waals surface area contributed by atoms with Crippen molar-refractivity contribution in [3.05, 3.63) is 79.4 Å². The molecular formula is C21H13N5O. The molecule has 0 radical (unpaired) electrons. The van der Waals surface area contributed by atoms with Crippen LogP contribution in [-0.2, 0) is 0 Å². The van der Waals surface area contributed by atoms with E-state index in [1.807, 2.05) is 54.6 Å². The molecule has 0 spiro atoms. The third-order valence-electron chi connectivity index (χ3n) is 4.27. The first-order chi connectivity index (χ1) is 13.4. The molecule has 0 N–H and O–H groups in total. The van der Waals surface area contributed by atoms with Crippen LogP contribution in [0.2, 0.25) is 0 Å². The summed E-state index contributed by atoms with van der Waals surface area (Å²) in [5, 5.41) is 5.07. The summed E-state index contributed by atoms with van der Waals surface area (Å²) in [4.78, 5) is 17.5. The lowest BCUT2D eigenvalue weighted by Gasteiger charge is -2.07. The van der Waals surface area contributed by atoms with E-state index in [9.17, 15) is 0 Å². The minimum Gasteiger partial charge on any atom is -0.334 e. The van der Waals surface area contributed by atoms with Crippen LogP contribution >= 0.6 is 0 Å². The quantitative estimate of drug-likeness (QED) is 0.479. The summed E-state index contributed by atoms with van der Waals surface area (Å²) in [5.41, 5.74) is 4.31. The van der Waals surface area contributed by atoms with Gasteiger partial charge in [0.1, 0.15) is 0 Å². The third-order valence-corrected chi connectivity index (χ3v) is 4.27. The zero-order chi connectivity index (χ0) is 18.1. The zero-order valence-corrected chi connectivity index (χ0v) is 14.1. The summed E-state index contributed by atoms with van der Waals surface area (Å²) in [6.45, 7) is 0. The topological polar surface area (TPSA) is 77.6 Å². The van der Waals surface area contributed by atoms with Crippen LogP contribution in [0.3, 0.4) is 0 Å². The second kappa shape index (κ2) is 6.42. The molecule has 0 amide bonds. The largest absolute Gasteiger partial charge is 0.334 e. The number of rotatable bonds is 3. The standard InChI is InChI=1S/C21H13N5O/c1-2-6-18-16(5-1)17(12-19(24-18)14-7-10-22-11-8-14)21-25-20(26-27-21)15-4-3-9-23-13-15/h1-13H. The van der Waals surface area contributed by atoms with Crippen molar-refractivity contribution in [2.24, 2.45) is 0 Å². The molecule has 0 saturated carbocycles. The zero-order valence-electron chi connectivity index (χ0n) is 14.1. The van der Waals surface area contributed by atoms with E-state index in [2.05, 4.69) is 20.1 Å². The van der Waals surface area contributed by atoms with Crippen LogP contribution in [-0.4, -0.2) is 25.1 Å². The van der Waals surface area contributed by atoms with Gasteiger partial charge in [0.05, 0.1) is 16.8 Å². The summed E-state index contributed by atoms with van der Waals surface area (Å²) >= 11 is 0. The van der Waals surface area contributed by atoms with Gasteiger partial charge in [0.25, 0.3) is 5.89 Å². The van der Waals surface area contributed by atoms with Crippen LogP contribution in [0.1, 0.15) is 0 Å². The minimum atomic E-state index is 0.447. The first-order valence-corrected chi connectivity index (χ1v) is 8.43. The lowest BCUT2D eigenvalue weighted by Crippen LogP contribution is -1.90. The van der Waals surface area contributed by atoms with Crippen LogP contribution in [0.4, 0.5) is 0 Å². The predicted molar refractivity (Wildman–Crippen MR) is 101 cm³/mol. The first-order valence-electron chi connectivity index (χ1n) is 8.43. The van der Waals surface area contributed by atoms with E-state index in [1.165, 1.54) is 0 Å². The van der Waals surface area contributed by atoms with Crippen molar-refractivity contribution in [2.45, 2.75) is 0 Å². The Morgan fingerprint density at radius 1 is 0.741 bits per heavy atom. The van der Waals surface area contributed by atoms with Crippen LogP contribution in [0.5, 0.6) is 0 Å². The molecule has 5 aromatic rings. The van der Waals surface area contributed by atoms with E-state index in [1.54, 1.807) is 24.8 Å². The number of benzene rings is 1. The molecule has 0 saturated heterocycles. The minimum absolute atomic E-state index is 0.447. The first kappa shape index (κ1) is 15.3. The van der Waals surface area contributed by atoms with Gasteiger partial charge >= 0.3 is 0 Å². The smallest absolute Gasteiger partial charge is 0.259 e. The third kappa shape index (κ3) is 2.83. The summed E-state index contributed by atoms with van der Waals surface area (Å²) in [6, 6.07) is 17.5. The Kier molecular flexibility index (Phi) is 3.65. The fourth-order valence-electron chi connectivity index (χ4n) is 2.97. The van der Waals surface area contributed by atoms with Crippen molar-refractivity contribution >= 4 is 10.9 Å². The van der Waals surface area contributed by atoms with E-state index in [-0.39, 0.29) is 0 Å². The highest BCUT2D eigenvalue weighted by molar-refractivity contribution is 5.94. The lowest BCUT2D eigenvalue weighted by molar-refractivity contribution is 0.432. The molecule has 128 valence electrons. The molecule has 0 atom stereocenters. The van der Waals surface area contributed by atoms with Crippen molar-refractivity contribution < 1.29 is 4.52 Å². The Bertz CT molecular complexity index is 1220. The summed E-state index contributed by atoms with van der Waals surface area (Å²) < 4.78 is 5.58. The van der Waals surface area contributed by atoms with Gasteiger partial charge in [-0.3, -0.25) is 9.97 Å². The van der Waals surface area contributed by atoms with Gasteiger partial charge in [-0.1, -0.05) is 23.4 Å². The normalized spacial score (nSPS) is 11.0. The number of fused-ring (bicyclic) bond motifs is 1. The Hall–Kier alpha value is -3.93. The molecule has 5 rings (SSSR count). The Morgan fingerprint density at radius 2 is 1.63 bits per heavy atom. The predicted octanol–water partition coefficient (Wildman–Crippen LogP) is 4.41. The maximum Gasteiger partial charge on any atom is 0.259 e. The number of nitrogens with zero attached hydrogens (tertiary/aromatic N) is 5. The summed E-state index contributed by atoms with van der Waals surface area (Å²) in [7, 11) is 0. The highest BCUT2D eigenvalue weighted by Crippen LogP contribution is 2.32. The summed E-state index contributed by atoms with van der Waals surface area (Å²) in [6.07, 6.45) is 6.92. The molecule has 27 heavy (non-hydrogen) atoms. The van der Waals surface area contributed by atoms with Gasteiger partial charge in [-0.25, -0.2) is 4.98 Å². The van der Waals surface area contributed by atoms with Gasteiger partial charge in [-0.2, -0.15) is 4.98 Å². The van der Waals surface area contributed by atoms with E-state index < -0.39 is 0 Å². The van der Waals surface area contributed by atoms with E-state index >= 15 is 0 Å². The molecule has 1 aromatic carbocycles. The van der Waals surface area contributed by atoms with Crippen LogP contribution < -0.4 is 0 Å². The Labute approximate surface area is 154 Å². The number of hydrogen-bond acceptors (Lipinski definition) is 6. The van der Waals surface area contributed by atoms with Gasteiger partial charge in [0.2, 0.25) is 5.82 Å². The van der Waals surface area contributed by atoms with Crippen molar-refractivity contribution in [3.63, 3.8) is 0 Å². The molecular weight excluding hydrogens is 338 g/mol. The second-order valence-electron chi connectivity index (χ2n) is 5.97. The molecule has 4 heterocycles. The van der Waals surface area contributed by atoms with Crippen LogP contribution in [0.25, 0.3) is 45.0 Å². The van der Waals surface area contributed by atoms with Gasteiger partial charge in [0.15, 0.2) is 0 Å². The molecule has 0 unspecified atom stereocenters. The van der Waals surface area contributed by atoms with E-state index in [0.29, 0.717) is 11.7 Å². The average Bonchev–Trinajstić information content (AvgIpc) is 3.24. The van der Waals surface area contributed by atoms with Crippen LogP contribution in [0.15, 0.2) is 83.9 Å². The molecule has 0 bridgehead atoms. The number of aromatic nitrogens is 5. The molecule has 0 fully saturated rings. The summed E-state index contributed by atoms with van der Waals surface area (Å²) in [5.74, 6) is 0.951. The van der Waals surface area contributed by atoms with Crippen molar-refractivity contribution in [1.29, 1.82) is 0 Å². The molecule has 0 aliphatic rings. The van der Waals surface area contributed by atoms with Gasteiger partial charge in [-0.05, 0) is 36.4 Å². The molecule has 0 aliphatic heterocycles. The maximum absolute atomic E-state index is 5.58. The number of pyridine rings is 3. The average molecular weight is 351 g/mol. The van der Waals surface area contributed by atoms with Crippen molar-refractivity contribution in [1.82, 2.24) is 25.1 Å². The van der Waals surface area contributed by atoms with Crippen LogP contribution in [0, 0.1) is 0 Å². The highest BCUT2D eigenvalue weighted by Gasteiger charge is 2.16. The van der Waals surface area contributed by atoms with Gasteiger partial charge in [-0.15, -0.1) is 0 Å². The van der Waals surface area contributed by atoms with Crippen molar-refractivity contribution in [2.75, 3.05) is 0 Å². The molecule has 6 heteroatoms. The molecule has 0 aliphatic carbocycles. The van der Waals surface area contributed by atoms with Gasteiger partial charge in [0, 0.05) is 41.3 Å². The van der Waals surface area contributed by atoms with E-state index in [0.717, 1.165) is 33.3 Å².